The number of carbonyl (C=O) groups is 2. The molecule has 0 spiro atoms. The standard InChI is InChI=1S/C20H21N3O3.Y/c1-14(21)16-10-8-15(9-11-16)12-22-18(24)13-23(2)20(26)19(25)17-6-4-3-5-7-17;/h3-11,13,19,21,25H,2,12H2,1H3,(H,22,24);/q-2;. The Morgan fingerprint density at radius 2 is 1.78 bits per heavy atom. The smallest absolute Gasteiger partial charge is 0.202 e. The van der Waals surface area contributed by atoms with Crippen LogP contribution in [0.25, 0.3) is 0 Å². The topological polar surface area (TPSA) is 93.5 Å². The molecule has 0 fully saturated rings. The van der Waals surface area contributed by atoms with Gasteiger partial charge >= 0.3 is 0 Å². The molecule has 7 heteroatoms. The molecule has 0 aromatic heterocycles. The van der Waals surface area contributed by atoms with Gasteiger partial charge in [0.2, 0.25) is 5.91 Å². The SMILES string of the molecule is [CH2-]N([CH-]C(=O)NCc1ccc(C(C)=N)cc1)C(=O)C(O)c1ccccc1.[Y]. The number of benzene rings is 2. The van der Waals surface area contributed by atoms with Crippen LogP contribution in [0.3, 0.4) is 0 Å². The van der Waals surface area contributed by atoms with E-state index in [1.165, 1.54) is 0 Å². The number of hydrogen-bond donors (Lipinski definition) is 3. The number of amides is 2. The van der Waals surface area contributed by atoms with Gasteiger partial charge in [-0.15, -0.1) is 0 Å². The second-order valence-corrected chi connectivity index (χ2v) is 5.79. The van der Waals surface area contributed by atoms with E-state index in [2.05, 4.69) is 12.4 Å². The monoisotopic (exact) mass is 440 g/mol. The van der Waals surface area contributed by atoms with Crippen LogP contribution in [0.5, 0.6) is 0 Å². The van der Waals surface area contributed by atoms with E-state index in [4.69, 9.17) is 5.41 Å². The minimum atomic E-state index is -1.38. The summed E-state index contributed by atoms with van der Waals surface area (Å²) >= 11 is 0. The van der Waals surface area contributed by atoms with Crippen LogP contribution in [0, 0.1) is 19.0 Å². The van der Waals surface area contributed by atoms with Crippen molar-refractivity contribution in [3.63, 3.8) is 0 Å². The van der Waals surface area contributed by atoms with Crippen molar-refractivity contribution in [3.8, 4) is 0 Å². The van der Waals surface area contributed by atoms with Crippen molar-refractivity contribution in [2.75, 3.05) is 0 Å². The van der Waals surface area contributed by atoms with Gasteiger partial charge in [0.25, 0.3) is 0 Å². The number of nitrogens with one attached hydrogen (secondary N) is 2. The van der Waals surface area contributed by atoms with Gasteiger partial charge in [-0.2, -0.15) is 0 Å². The summed E-state index contributed by atoms with van der Waals surface area (Å²) in [6.07, 6.45) is -1.38. The first-order valence-corrected chi connectivity index (χ1v) is 8.02. The van der Waals surface area contributed by atoms with Gasteiger partial charge in [-0.05, 0) is 23.6 Å². The molecule has 0 saturated carbocycles. The van der Waals surface area contributed by atoms with Crippen LogP contribution < -0.4 is 5.32 Å². The molecule has 0 aliphatic carbocycles. The predicted octanol–water partition coefficient (Wildman–Crippen LogP) is 2.20. The zero-order valence-electron chi connectivity index (χ0n) is 15.1. The van der Waals surface area contributed by atoms with Gasteiger partial charge in [0.15, 0.2) is 6.10 Å². The molecule has 1 unspecified atom stereocenters. The van der Waals surface area contributed by atoms with E-state index in [0.717, 1.165) is 22.6 Å². The summed E-state index contributed by atoms with van der Waals surface area (Å²) in [5.74, 6) is -1.20. The van der Waals surface area contributed by atoms with Crippen LogP contribution in [-0.4, -0.2) is 27.5 Å². The molecule has 0 bridgehead atoms. The minimum Gasteiger partial charge on any atom is -0.615 e. The third-order valence-electron chi connectivity index (χ3n) is 3.76. The first-order chi connectivity index (χ1) is 12.4. The largest absolute Gasteiger partial charge is 0.615 e. The zero-order valence-corrected chi connectivity index (χ0v) is 17.9. The minimum absolute atomic E-state index is 0. The fraction of sp³-hybridized carbons (Fsp3) is 0.150. The average molecular weight is 440 g/mol. The molecule has 2 rings (SSSR count). The van der Waals surface area contributed by atoms with Crippen LogP contribution in [0.4, 0.5) is 0 Å². The number of carbonyl (C=O) groups excluding carboxylic acids is 2. The number of aliphatic hydroxyl groups excluding tert-OH is 1. The quantitative estimate of drug-likeness (QED) is 0.455. The third-order valence-corrected chi connectivity index (χ3v) is 3.76. The summed E-state index contributed by atoms with van der Waals surface area (Å²) in [4.78, 5) is 24.9. The summed E-state index contributed by atoms with van der Waals surface area (Å²) in [5, 5.41) is 20.2. The van der Waals surface area contributed by atoms with Crippen molar-refractivity contribution >= 4 is 17.5 Å². The van der Waals surface area contributed by atoms with Gasteiger partial charge in [0.1, 0.15) is 0 Å². The Morgan fingerprint density at radius 1 is 1.19 bits per heavy atom. The van der Waals surface area contributed by atoms with Crippen molar-refractivity contribution in [3.05, 3.63) is 84.9 Å². The first-order valence-electron chi connectivity index (χ1n) is 8.02. The molecule has 0 aliphatic heterocycles. The van der Waals surface area contributed by atoms with E-state index in [9.17, 15) is 14.7 Å². The van der Waals surface area contributed by atoms with Crippen LogP contribution in [0.1, 0.15) is 29.7 Å². The molecule has 139 valence electrons. The second-order valence-electron chi connectivity index (χ2n) is 5.79. The molecule has 0 aliphatic rings. The Kier molecular flexibility index (Phi) is 9.35. The van der Waals surface area contributed by atoms with E-state index in [1.54, 1.807) is 49.4 Å². The number of rotatable bonds is 7. The van der Waals surface area contributed by atoms with E-state index >= 15 is 0 Å². The molecule has 1 atom stereocenters. The second kappa shape index (κ2) is 11.0. The molecule has 1 radical (unpaired) electrons. The predicted molar refractivity (Wildman–Crippen MR) is 98.7 cm³/mol. The Labute approximate surface area is 184 Å². The molecular weight excluding hydrogens is 419 g/mol. The maximum atomic E-state index is 12.1. The van der Waals surface area contributed by atoms with Gasteiger partial charge in [-0.3, -0.25) is 18.4 Å². The van der Waals surface area contributed by atoms with Gasteiger partial charge in [0, 0.05) is 45.0 Å². The maximum Gasteiger partial charge on any atom is 0.202 e. The van der Waals surface area contributed by atoms with Gasteiger partial charge < -0.3 is 25.5 Å². The molecule has 2 amide bonds. The summed E-state index contributed by atoms with van der Waals surface area (Å²) in [6, 6.07) is 15.7. The van der Waals surface area contributed by atoms with Crippen LogP contribution in [-0.2, 0) is 48.8 Å². The molecule has 0 saturated heterocycles. The fourth-order valence-electron chi connectivity index (χ4n) is 2.25. The molecule has 27 heavy (non-hydrogen) atoms. The number of hydrogen-bond acceptors (Lipinski definition) is 4. The molecule has 2 aromatic rings. The summed E-state index contributed by atoms with van der Waals surface area (Å²) in [6.45, 7) is 2.98. The summed E-state index contributed by atoms with van der Waals surface area (Å²) < 4.78 is 0. The Bertz CT molecular complexity index is 779. The summed E-state index contributed by atoms with van der Waals surface area (Å²) in [5.41, 5.74) is 2.58. The number of nitrogens with zero attached hydrogens (tertiary/aromatic N) is 1. The van der Waals surface area contributed by atoms with Crippen molar-refractivity contribution in [1.29, 1.82) is 5.41 Å². The number of aliphatic hydroxyl groups is 1. The van der Waals surface area contributed by atoms with Crippen LogP contribution >= 0.6 is 0 Å². The van der Waals surface area contributed by atoms with Gasteiger partial charge in [0.05, 0.1) is 5.91 Å². The zero-order chi connectivity index (χ0) is 19.1. The van der Waals surface area contributed by atoms with E-state index in [0.29, 0.717) is 11.3 Å². The Hall–Kier alpha value is -2.02. The average Bonchev–Trinajstić information content (AvgIpc) is 2.66. The molecule has 0 heterocycles. The molecule has 2 aromatic carbocycles. The fourth-order valence-corrected chi connectivity index (χ4v) is 2.25. The van der Waals surface area contributed by atoms with E-state index in [-0.39, 0.29) is 39.3 Å². The van der Waals surface area contributed by atoms with Crippen LogP contribution in [0.15, 0.2) is 54.6 Å². The normalized spacial score (nSPS) is 10.9. The van der Waals surface area contributed by atoms with Crippen molar-refractivity contribution in [1.82, 2.24) is 10.2 Å². The Morgan fingerprint density at radius 3 is 2.33 bits per heavy atom. The van der Waals surface area contributed by atoms with E-state index < -0.39 is 17.9 Å². The van der Waals surface area contributed by atoms with Crippen molar-refractivity contribution in [2.24, 2.45) is 0 Å². The van der Waals surface area contributed by atoms with E-state index in [1.807, 2.05) is 12.1 Å². The Balaban J connectivity index is 0.00000364. The molecule has 3 N–H and O–H groups in total. The molecule has 6 nitrogen and oxygen atoms in total. The summed E-state index contributed by atoms with van der Waals surface area (Å²) in [7, 11) is 3.49. The van der Waals surface area contributed by atoms with Crippen molar-refractivity contribution < 1.29 is 47.4 Å². The molecular formula is C20H21N3O3Y-2. The van der Waals surface area contributed by atoms with Crippen molar-refractivity contribution in [2.45, 2.75) is 19.6 Å². The third kappa shape index (κ3) is 6.90. The van der Waals surface area contributed by atoms with Gasteiger partial charge in [-0.25, -0.2) is 0 Å². The van der Waals surface area contributed by atoms with Gasteiger partial charge in [-0.1, -0.05) is 54.6 Å². The maximum absolute atomic E-state index is 12.1. The first kappa shape index (κ1) is 23.0. The van der Waals surface area contributed by atoms with Crippen LogP contribution in [0.2, 0.25) is 0 Å².